The Kier molecular flexibility index (Phi) is 3.31. The van der Waals surface area contributed by atoms with Crippen LogP contribution in [0.25, 0.3) is 0 Å². The zero-order valence-corrected chi connectivity index (χ0v) is 11.2. The number of carbonyl (C=O) groups excluding carboxylic acids is 1. The van der Waals surface area contributed by atoms with Gasteiger partial charge in [-0.05, 0) is 22.9 Å². The standard InChI is InChI=1S/C10H11BrN4O3/c1-5-7(11)3-13-10(9(5)15(17)18)14-4-6(12)2-8(14)16/h3,6H,2,4,12H2,1H3. The molecule has 1 fully saturated rings. The third-order valence-corrected chi connectivity index (χ3v) is 3.62. The molecule has 1 aliphatic rings. The lowest BCUT2D eigenvalue weighted by molar-refractivity contribution is -0.384. The van der Waals surface area contributed by atoms with Crippen LogP contribution in [0.15, 0.2) is 10.7 Å². The van der Waals surface area contributed by atoms with Crippen molar-refractivity contribution in [1.29, 1.82) is 0 Å². The maximum atomic E-state index is 11.7. The molecule has 1 atom stereocenters. The number of carbonyl (C=O) groups is 1. The molecule has 0 radical (unpaired) electrons. The summed E-state index contributed by atoms with van der Waals surface area (Å²) in [6.07, 6.45) is 1.64. The summed E-state index contributed by atoms with van der Waals surface area (Å²) in [4.78, 5) is 27.6. The van der Waals surface area contributed by atoms with Gasteiger partial charge >= 0.3 is 5.69 Å². The lowest BCUT2D eigenvalue weighted by atomic mass is 10.2. The van der Waals surface area contributed by atoms with Gasteiger partial charge in [-0.1, -0.05) is 0 Å². The van der Waals surface area contributed by atoms with E-state index in [2.05, 4.69) is 20.9 Å². The highest BCUT2D eigenvalue weighted by molar-refractivity contribution is 9.10. The molecule has 1 unspecified atom stereocenters. The lowest BCUT2D eigenvalue weighted by Gasteiger charge is -2.16. The molecule has 18 heavy (non-hydrogen) atoms. The minimum Gasteiger partial charge on any atom is -0.326 e. The molecule has 8 heteroatoms. The first kappa shape index (κ1) is 12.9. The van der Waals surface area contributed by atoms with Gasteiger partial charge in [-0.2, -0.15) is 0 Å². The summed E-state index contributed by atoms with van der Waals surface area (Å²) in [5, 5.41) is 11.1. The summed E-state index contributed by atoms with van der Waals surface area (Å²) in [5.41, 5.74) is 5.96. The second kappa shape index (κ2) is 4.62. The fourth-order valence-corrected chi connectivity index (χ4v) is 2.20. The number of anilines is 1. The van der Waals surface area contributed by atoms with Crippen LogP contribution in [0.1, 0.15) is 12.0 Å². The van der Waals surface area contributed by atoms with Crippen LogP contribution >= 0.6 is 15.9 Å². The fraction of sp³-hybridized carbons (Fsp3) is 0.400. The van der Waals surface area contributed by atoms with Crippen molar-refractivity contribution >= 4 is 33.3 Å². The van der Waals surface area contributed by atoms with Crippen LogP contribution in [0.4, 0.5) is 11.5 Å². The Hall–Kier alpha value is -1.54. The molecule has 0 aliphatic carbocycles. The van der Waals surface area contributed by atoms with Crippen molar-refractivity contribution < 1.29 is 9.72 Å². The highest BCUT2D eigenvalue weighted by atomic mass is 79.9. The SMILES string of the molecule is Cc1c(Br)cnc(N2CC(N)CC2=O)c1[N+](=O)[O-]. The number of nitro groups is 1. The molecule has 1 aromatic heterocycles. The van der Waals surface area contributed by atoms with Gasteiger partial charge in [0.2, 0.25) is 11.7 Å². The minimum atomic E-state index is -0.528. The average molecular weight is 315 g/mol. The highest BCUT2D eigenvalue weighted by Crippen LogP contribution is 2.35. The summed E-state index contributed by atoms with van der Waals surface area (Å²) in [5.74, 6) is -0.168. The van der Waals surface area contributed by atoms with E-state index < -0.39 is 4.92 Å². The Bertz CT molecular complexity index is 534. The fourth-order valence-electron chi connectivity index (χ4n) is 1.91. The molecule has 1 amide bonds. The van der Waals surface area contributed by atoms with Crippen LogP contribution < -0.4 is 10.6 Å². The van der Waals surface area contributed by atoms with Crippen LogP contribution in [0.5, 0.6) is 0 Å². The third kappa shape index (κ3) is 2.08. The maximum Gasteiger partial charge on any atom is 0.316 e. The van der Waals surface area contributed by atoms with Crippen molar-refractivity contribution in [3.63, 3.8) is 0 Å². The predicted molar refractivity (Wildman–Crippen MR) is 68.3 cm³/mol. The number of nitrogens with two attached hydrogens (primary N) is 1. The van der Waals surface area contributed by atoms with E-state index in [1.165, 1.54) is 11.1 Å². The number of aromatic nitrogens is 1. The van der Waals surface area contributed by atoms with Gasteiger partial charge < -0.3 is 5.73 Å². The first-order valence-corrected chi connectivity index (χ1v) is 6.06. The van der Waals surface area contributed by atoms with Crippen molar-refractivity contribution in [3.8, 4) is 0 Å². The van der Waals surface area contributed by atoms with Crippen LogP contribution in [0.2, 0.25) is 0 Å². The number of hydrogen-bond acceptors (Lipinski definition) is 5. The van der Waals surface area contributed by atoms with Crippen LogP contribution in [-0.4, -0.2) is 28.4 Å². The number of rotatable bonds is 2. The summed E-state index contributed by atoms with van der Waals surface area (Å²) >= 11 is 3.19. The monoisotopic (exact) mass is 314 g/mol. The van der Waals surface area contributed by atoms with Crippen molar-refractivity contribution in [2.45, 2.75) is 19.4 Å². The largest absolute Gasteiger partial charge is 0.326 e. The zero-order valence-electron chi connectivity index (χ0n) is 9.59. The van der Waals surface area contributed by atoms with E-state index in [1.54, 1.807) is 6.92 Å². The molecule has 1 aromatic rings. The molecule has 1 aliphatic heterocycles. The van der Waals surface area contributed by atoms with Gasteiger partial charge in [-0.25, -0.2) is 4.98 Å². The van der Waals surface area contributed by atoms with Gasteiger partial charge in [0.05, 0.1) is 4.92 Å². The summed E-state index contributed by atoms with van der Waals surface area (Å²) in [7, 11) is 0. The Morgan fingerprint density at radius 2 is 2.33 bits per heavy atom. The Morgan fingerprint density at radius 3 is 2.83 bits per heavy atom. The predicted octanol–water partition coefficient (Wildman–Crippen LogP) is 1.12. The van der Waals surface area contributed by atoms with Gasteiger partial charge in [-0.3, -0.25) is 19.8 Å². The van der Waals surface area contributed by atoms with E-state index in [-0.39, 0.29) is 36.4 Å². The van der Waals surface area contributed by atoms with Gasteiger partial charge in [0.1, 0.15) is 0 Å². The zero-order chi connectivity index (χ0) is 13.4. The first-order valence-electron chi connectivity index (χ1n) is 5.27. The number of amides is 1. The number of pyridine rings is 1. The average Bonchev–Trinajstić information content (AvgIpc) is 2.61. The van der Waals surface area contributed by atoms with E-state index in [4.69, 9.17) is 5.73 Å². The smallest absolute Gasteiger partial charge is 0.316 e. The molecular weight excluding hydrogens is 304 g/mol. The van der Waals surface area contributed by atoms with Crippen LogP contribution in [0, 0.1) is 17.0 Å². The molecule has 1 saturated heterocycles. The molecule has 2 rings (SSSR count). The molecule has 0 spiro atoms. The molecule has 96 valence electrons. The van der Waals surface area contributed by atoms with Gasteiger partial charge in [0, 0.05) is 35.2 Å². The topological polar surface area (TPSA) is 102 Å². The minimum absolute atomic E-state index is 0.0682. The highest BCUT2D eigenvalue weighted by Gasteiger charge is 2.35. The second-order valence-electron chi connectivity index (χ2n) is 4.13. The first-order chi connectivity index (χ1) is 8.41. The molecule has 2 heterocycles. The van der Waals surface area contributed by atoms with Crippen LogP contribution in [-0.2, 0) is 4.79 Å². The Morgan fingerprint density at radius 1 is 1.67 bits per heavy atom. The molecular formula is C10H11BrN4O3. The molecule has 0 bridgehead atoms. The lowest BCUT2D eigenvalue weighted by Crippen LogP contribution is -2.29. The molecule has 7 nitrogen and oxygen atoms in total. The molecule has 2 N–H and O–H groups in total. The Labute approximate surface area is 111 Å². The maximum absolute atomic E-state index is 11.7. The third-order valence-electron chi connectivity index (χ3n) is 2.82. The van der Waals surface area contributed by atoms with Crippen molar-refractivity contribution in [2.75, 3.05) is 11.4 Å². The number of nitrogens with zero attached hydrogens (tertiary/aromatic N) is 3. The van der Waals surface area contributed by atoms with Gasteiger partial charge in [-0.15, -0.1) is 0 Å². The van der Waals surface area contributed by atoms with E-state index >= 15 is 0 Å². The summed E-state index contributed by atoms with van der Waals surface area (Å²) < 4.78 is 0.536. The summed E-state index contributed by atoms with van der Waals surface area (Å²) in [6.45, 7) is 1.86. The second-order valence-corrected chi connectivity index (χ2v) is 4.98. The quantitative estimate of drug-likeness (QED) is 0.651. The van der Waals surface area contributed by atoms with E-state index in [9.17, 15) is 14.9 Å². The number of hydrogen-bond donors (Lipinski definition) is 1. The molecule has 0 saturated carbocycles. The van der Waals surface area contributed by atoms with Crippen molar-refractivity contribution in [3.05, 3.63) is 26.3 Å². The van der Waals surface area contributed by atoms with Crippen LogP contribution in [0.3, 0.4) is 0 Å². The Balaban J connectivity index is 2.54. The van der Waals surface area contributed by atoms with E-state index in [0.29, 0.717) is 10.0 Å². The molecule has 0 aromatic carbocycles. The normalized spacial score (nSPS) is 19.4. The van der Waals surface area contributed by atoms with Gasteiger partial charge in [0.25, 0.3) is 0 Å². The van der Waals surface area contributed by atoms with Gasteiger partial charge in [0.15, 0.2) is 0 Å². The summed E-state index contributed by atoms with van der Waals surface area (Å²) in [6, 6.07) is -0.303. The van der Waals surface area contributed by atoms with Crippen molar-refractivity contribution in [2.24, 2.45) is 5.73 Å². The van der Waals surface area contributed by atoms with E-state index in [1.807, 2.05) is 0 Å². The van der Waals surface area contributed by atoms with Crippen molar-refractivity contribution in [1.82, 2.24) is 4.98 Å². The van der Waals surface area contributed by atoms with E-state index in [0.717, 1.165) is 0 Å². The number of halogens is 1.